The van der Waals surface area contributed by atoms with Crippen LogP contribution in [-0.2, 0) is 19.5 Å². The third kappa shape index (κ3) is 4.88. The Morgan fingerprint density at radius 1 is 1.27 bits per heavy atom. The first-order chi connectivity index (χ1) is 12.5. The van der Waals surface area contributed by atoms with Crippen molar-refractivity contribution in [2.75, 3.05) is 28.3 Å². The van der Waals surface area contributed by atoms with E-state index in [1.807, 2.05) is 25.4 Å². The maximum absolute atomic E-state index is 5.42. The van der Waals surface area contributed by atoms with Crippen molar-refractivity contribution in [2.24, 2.45) is 4.99 Å². The molecule has 2 rings (SSSR count). The summed E-state index contributed by atoms with van der Waals surface area (Å²) in [5.41, 5.74) is 2.31. The third-order valence-electron chi connectivity index (χ3n) is 4.17. The molecule has 6 nitrogen and oxygen atoms in total. The van der Waals surface area contributed by atoms with Crippen molar-refractivity contribution in [3.8, 4) is 11.5 Å². The number of nitrogens with one attached hydrogen (secondary N) is 1. The van der Waals surface area contributed by atoms with E-state index in [1.54, 1.807) is 32.6 Å². The zero-order valence-electron chi connectivity index (χ0n) is 16.4. The highest BCUT2D eigenvalue weighted by Crippen LogP contribution is 2.30. The molecule has 1 N–H and O–H groups in total. The standard InChI is InChI=1S/C19H28N4O2S/c1-7-15-10-21-18(26-15)11-22-19(20-3)23(4)12-14-9-17(25-6)16(24-5)8-13(14)2/h8-10H,7,11-12H2,1-6H3,(H,20,22). The number of nitrogens with zero attached hydrogens (tertiary/aromatic N) is 3. The van der Waals surface area contributed by atoms with Crippen molar-refractivity contribution in [3.63, 3.8) is 0 Å². The molecule has 0 unspecified atom stereocenters. The van der Waals surface area contributed by atoms with Crippen LogP contribution in [0, 0.1) is 6.92 Å². The van der Waals surface area contributed by atoms with Gasteiger partial charge in [0.2, 0.25) is 0 Å². The Labute approximate surface area is 159 Å². The summed E-state index contributed by atoms with van der Waals surface area (Å²) in [5.74, 6) is 2.31. The number of thiazole rings is 1. The smallest absolute Gasteiger partial charge is 0.194 e. The summed E-state index contributed by atoms with van der Waals surface area (Å²) in [4.78, 5) is 12.2. The molecule has 2 aromatic rings. The minimum Gasteiger partial charge on any atom is -0.493 e. The number of benzene rings is 1. The highest BCUT2D eigenvalue weighted by atomic mass is 32.1. The number of ether oxygens (including phenoxy) is 2. The van der Waals surface area contributed by atoms with Crippen LogP contribution in [0.5, 0.6) is 11.5 Å². The first-order valence-electron chi connectivity index (χ1n) is 8.59. The lowest BCUT2D eigenvalue weighted by Gasteiger charge is -2.23. The van der Waals surface area contributed by atoms with E-state index in [2.05, 4.69) is 34.0 Å². The Hall–Kier alpha value is -2.28. The second kappa shape index (κ2) is 9.43. The van der Waals surface area contributed by atoms with Gasteiger partial charge in [-0.1, -0.05) is 6.92 Å². The van der Waals surface area contributed by atoms with Crippen LogP contribution in [0.15, 0.2) is 23.3 Å². The lowest BCUT2D eigenvalue weighted by atomic mass is 10.1. The van der Waals surface area contributed by atoms with Crippen molar-refractivity contribution in [1.29, 1.82) is 0 Å². The molecule has 0 aliphatic carbocycles. The van der Waals surface area contributed by atoms with Crippen LogP contribution in [0.1, 0.15) is 27.9 Å². The molecule has 0 saturated carbocycles. The Bertz CT molecular complexity index is 758. The Balaban J connectivity index is 2.05. The van der Waals surface area contributed by atoms with Crippen LogP contribution >= 0.6 is 11.3 Å². The predicted molar refractivity (Wildman–Crippen MR) is 107 cm³/mol. The quantitative estimate of drug-likeness (QED) is 0.594. The van der Waals surface area contributed by atoms with Gasteiger partial charge in [-0.3, -0.25) is 4.99 Å². The van der Waals surface area contributed by atoms with E-state index in [0.717, 1.165) is 40.0 Å². The van der Waals surface area contributed by atoms with Gasteiger partial charge in [-0.15, -0.1) is 11.3 Å². The Kier molecular flexibility index (Phi) is 7.26. The topological polar surface area (TPSA) is 59.0 Å². The van der Waals surface area contributed by atoms with Gasteiger partial charge in [0, 0.05) is 31.7 Å². The summed E-state index contributed by atoms with van der Waals surface area (Å²) < 4.78 is 10.8. The first-order valence-corrected chi connectivity index (χ1v) is 9.40. The van der Waals surface area contributed by atoms with E-state index in [0.29, 0.717) is 13.1 Å². The molecule has 0 bridgehead atoms. The highest BCUT2D eigenvalue weighted by Gasteiger charge is 2.13. The van der Waals surface area contributed by atoms with Gasteiger partial charge in [-0.05, 0) is 36.6 Å². The molecule has 142 valence electrons. The number of aryl methyl sites for hydroxylation is 2. The fourth-order valence-corrected chi connectivity index (χ4v) is 3.46. The molecule has 0 fully saturated rings. The van der Waals surface area contributed by atoms with Gasteiger partial charge in [-0.2, -0.15) is 0 Å². The van der Waals surface area contributed by atoms with Crippen LogP contribution < -0.4 is 14.8 Å². The van der Waals surface area contributed by atoms with Gasteiger partial charge in [0.15, 0.2) is 17.5 Å². The van der Waals surface area contributed by atoms with Crippen molar-refractivity contribution < 1.29 is 9.47 Å². The SMILES string of the molecule is CCc1cnc(CNC(=NC)N(C)Cc2cc(OC)c(OC)cc2C)s1. The molecule has 0 aliphatic rings. The second-order valence-electron chi connectivity index (χ2n) is 5.96. The average molecular weight is 377 g/mol. The van der Waals surface area contributed by atoms with Crippen molar-refractivity contribution in [2.45, 2.75) is 33.4 Å². The number of rotatable bonds is 7. The summed E-state index contributed by atoms with van der Waals surface area (Å²) >= 11 is 1.73. The van der Waals surface area contributed by atoms with Crippen molar-refractivity contribution in [3.05, 3.63) is 39.3 Å². The van der Waals surface area contributed by atoms with Gasteiger partial charge < -0.3 is 19.7 Å². The largest absolute Gasteiger partial charge is 0.493 e. The zero-order chi connectivity index (χ0) is 19.1. The van der Waals surface area contributed by atoms with Crippen LogP contribution in [0.4, 0.5) is 0 Å². The molecular formula is C19H28N4O2S. The van der Waals surface area contributed by atoms with Crippen molar-refractivity contribution >= 4 is 17.3 Å². The van der Waals surface area contributed by atoms with E-state index in [-0.39, 0.29) is 0 Å². The van der Waals surface area contributed by atoms with Crippen LogP contribution in [-0.4, -0.2) is 44.2 Å². The fourth-order valence-electron chi connectivity index (χ4n) is 2.66. The van der Waals surface area contributed by atoms with Crippen LogP contribution in [0.25, 0.3) is 0 Å². The zero-order valence-corrected chi connectivity index (χ0v) is 17.2. The molecule has 1 aromatic carbocycles. The van der Waals surface area contributed by atoms with Gasteiger partial charge in [0.25, 0.3) is 0 Å². The average Bonchev–Trinajstić information content (AvgIpc) is 3.11. The molecule has 7 heteroatoms. The lowest BCUT2D eigenvalue weighted by molar-refractivity contribution is 0.353. The van der Waals surface area contributed by atoms with E-state index >= 15 is 0 Å². The normalized spacial score (nSPS) is 11.4. The molecule has 0 spiro atoms. The molecular weight excluding hydrogens is 348 g/mol. The maximum atomic E-state index is 5.42. The summed E-state index contributed by atoms with van der Waals surface area (Å²) in [7, 11) is 7.11. The predicted octanol–water partition coefficient (Wildman–Crippen LogP) is 3.24. The molecule has 0 radical (unpaired) electrons. The summed E-state index contributed by atoms with van der Waals surface area (Å²) in [6, 6.07) is 4.02. The highest BCUT2D eigenvalue weighted by molar-refractivity contribution is 7.11. The number of hydrogen-bond acceptors (Lipinski definition) is 5. The third-order valence-corrected chi connectivity index (χ3v) is 5.31. The minimum absolute atomic E-state index is 0.673. The molecule has 1 heterocycles. The van der Waals surface area contributed by atoms with E-state index in [4.69, 9.17) is 9.47 Å². The van der Waals surface area contributed by atoms with E-state index < -0.39 is 0 Å². The first kappa shape index (κ1) is 20.0. The lowest BCUT2D eigenvalue weighted by Crippen LogP contribution is -2.38. The molecule has 0 saturated heterocycles. The molecule has 1 aromatic heterocycles. The number of hydrogen-bond donors (Lipinski definition) is 1. The van der Waals surface area contributed by atoms with Gasteiger partial charge in [0.05, 0.1) is 20.8 Å². The summed E-state index contributed by atoms with van der Waals surface area (Å²) in [5, 5.41) is 4.45. The van der Waals surface area contributed by atoms with E-state index in [1.165, 1.54) is 4.88 Å². The molecule has 0 amide bonds. The monoisotopic (exact) mass is 376 g/mol. The summed E-state index contributed by atoms with van der Waals surface area (Å²) in [6.07, 6.45) is 2.96. The van der Waals surface area contributed by atoms with Crippen molar-refractivity contribution in [1.82, 2.24) is 15.2 Å². The number of methoxy groups -OCH3 is 2. The molecule has 0 atom stereocenters. The number of aliphatic imine (C=N–C) groups is 1. The van der Waals surface area contributed by atoms with E-state index in [9.17, 15) is 0 Å². The fraction of sp³-hybridized carbons (Fsp3) is 0.474. The van der Waals surface area contributed by atoms with Gasteiger partial charge >= 0.3 is 0 Å². The molecule has 0 aliphatic heterocycles. The number of aromatic nitrogens is 1. The Morgan fingerprint density at radius 3 is 2.54 bits per heavy atom. The van der Waals surface area contributed by atoms with Gasteiger partial charge in [0.1, 0.15) is 5.01 Å². The number of guanidine groups is 1. The van der Waals surface area contributed by atoms with Gasteiger partial charge in [-0.25, -0.2) is 4.98 Å². The minimum atomic E-state index is 0.673. The maximum Gasteiger partial charge on any atom is 0.194 e. The Morgan fingerprint density at radius 2 is 1.96 bits per heavy atom. The van der Waals surface area contributed by atoms with Crippen LogP contribution in [0.3, 0.4) is 0 Å². The second-order valence-corrected chi connectivity index (χ2v) is 7.16. The molecule has 26 heavy (non-hydrogen) atoms. The summed E-state index contributed by atoms with van der Waals surface area (Å²) in [6.45, 7) is 5.60. The van der Waals surface area contributed by atoms with Crippen LogP contribution in [0.2, 0.25) is 0 Å².